The van der Waals surface area contributed by atoms with Gasteiger partial charge in [0.15, 0.2) is 0 Å². The van der Waals surface area contributed by atoms with E-state index in [1.807, 2.05) is 0 Å². The predicted molar refractivity (Wildman–Crippen MR) is 38.0 cm³/mol. The SMILES string of the molecule is COC(=O)CC(C)(C)O.N. The lowest BCUT2D eigenvalue weighted by atomic mass is 10.1. The van der Waals surface area contributed by atoms with Crippen molar-refractivity contribution in [2.24, 2.45) is 0 Å². The highest BCUT2D eigenvalue weighted by Crippen LogP contribution is 2.06. The molecule has 0 aromatic carbocycles. The first kappa shape index (κ1) is 12.1. The van der Waals surface area contributed by atoms with Crippen molar-refractivity contribution >= 4 is 5.97 Å². The van der Waals surface area contributed by atoms with Crippen LogP contribution in [0.4, 0.5) is 0 Å². The number of methoxy groups -OCH3 is 1. The normalized spacial score (nSPS) is 10.0. The molecule has 10 heavy (non-hydrogen) atoms. The lowest BCUT2D eigenvalue weighted by Gasteiger charge is -2.13. The Bertz CT molecular complexity index is 106. The summed E-state index contributed by atoms with van der Waals surface area (Å²) in [5.41, 5.74) is -0.951. The van der Waals surface area contributed by atoms with E-state index in [4.69, 9.17) is 5.11 Å². The summed E-state index contributed by atoms with van der Waals surface area (Å²) in [4.78, 5) is 10.4. The van der Waals surface area contributed by atoms with Gasteiger partial charge in [-0.25, -0.2) is 0 Å². The molecule has 0 saturated carbocycles. The van der Waals surface area contributed by atoms with Crippen LogP contribution in [0.1, 0.15) is 20.3 Å². The number of rotatable bonds is 2. The molecule has 0 bridgehead atoms. The van der Waals surface area contributed by atoms with E-state index in [9.17, 15) is 4.79 Å². The fraction of sp³-hybridized carbons (Fsp3) is 0.833. The van der Waals surface area contributed by atoms with Gasteiger partial charge in [-0.15, -0.1) is 0 Å². The Morgan fingerprint density at radius 3 is 2.10 bits per heavy atom. The molecule has 0 aliphatic heterocycles. The van der Waals surface area contributed by atoms with Gasteiger partial charge in [0.05, 0.1) is 19.1 Å². The maximum Gasteiger partial charge on any atom is 0.308 e. The van der Waals surface area contributed by atoms with Crippen LogP contribution in [0.15, 0.2) is 0 Å². The minimum Gasteiger partial charge on any atom is -0.469 e. The molecular weight excluding hydrogens is 134 g/mol. The molecule has 0 radical (unpaired) electrons. The molecule has 62 valence electrons. The van der Waals surface area contributed by atoms with Crippen molar-refractivity contribution in [3.05, 3.63) is 0 Å². The summed E-state index contributed by atoms with van der Waals surface area (Å²) < 4.78 is 4.33. The zero-order chi connectivity index (χ0) is 7.49. The van der Waals surface area contributed by atoms with Crippen molar-refractivity contribution in [3.63, 3.8) is 0 Å². The molecule has 0 aromatic heterocycles. The van der Waals surface area contributed by atoms with Crippen LogP contribution in [0.25, 0.3) is 0 Å². The van der Waals surface area contributed by atoms with E-state index in [2.05, 4.69) is 4.74 Å². The highest BCUT2D eigenvalue weighted by molar-refractivity contribution is 5.70. The molecule has 0 rings (SSSR count). The second-order valence-electron chi connectivity index (χ2n) is 2.57. The molecule has 4 heteroatoms. The monoisotopic (exact) mass is 149 g/mol. The summed E-state index contributed by atoms with van der Waals surface area (Å²) in [6, 6.07) is 0. The van der Waals surface area contributed by atoms with E-state index in [-0.39, 0.29) is 18.5 Å². The predicted octanol–water partition coefficient (Wildman–Crippen LogP) is 0.482. The number of esters is 1. The summed E-state index contributed by atoms with van der Waals surface area (Å²) in [7, 11) is 1.30. The Morgan fingerprint density at radius 2 is 2.00 bits per heavy atom. The smallest absolute Gasteiger partial charge is 0.308 e. The second kappa shape index (κ2) is 4.24. The third-order valence-corrected chi connectivity index (χ3v) is 0.805. The van der Waals surface area contributed by atoms with Gasteiger partial charge in [-0.05, 0) is 13.8 Å². The zero-order valence-corrected chi connectivity index (χ0v) is 6.68. The molecular formula is C6H15NO3. The van der Waals surface area contributed by atoms with Crippen molar-refractivity contribution in [3.8, 4) is 0 Å². The molecule has 0 aliphatic rings. The summed E-state index contributed by atoms with van der Waals surface area (Å²) in [5, 5.41) is 9.02. The molecule has 0 unspecified atom stereocenters. The summed E-state index contributed by atoms with van der Waals surface area (Å²) in [6.07, 6.45) is 0.0451. The summed E-state index contributed by atoms with van der Waals surface area (Å²) >= 11 is 0. The highest BCUT2D eigenvalue weighted by atomic mass is 16.5. The first-order chi connectivity index (χ1) is 3.95. The number of carbonyl (C=O) groups excluding carboxylic acids is 1. The van der Waals surface area contributed by atoms with Gasteiger partial charge in [0.25, 0.3) is 0 Å². The lowest BCUT2D eigenvalue weighted by molar-refractivity contribution is -0.144. The third-order valence-electron chi connectivity index (χ3n) is 0.805. The maximum absolute atomic E-state index is 10.4. The molecule has 4 N–H and O–H groups in total. The largest absolute Gasteiger partial charge is 0.469 e. The second-order valence-corrected chi connectivity index (χ2v) is 2.57. The van der Waals surface area contributed by atoms with E-state index >= 15 is 0 Å². The molecule has 0 amide bonds. The van der Waals surface area contributed by atoms with Crippen molar-refractivity contribution < 1.29 is 14.6 Å². The first-order valence-electron chi connectivity index (χ1n) is 2.75. The minimum absolute atomic E-state index is 0. The topological polar surface area (TPSA) is 81.5 Å². The molecule has 0 spiro atoms. The van der Waals surface area contributed by atoms with Crippen LogP contribution in [0.2, 0.25) is 0 Å². The summed E-state index contributed by atoms with van der Waals surface area (Å²) in [5.74, 6) is -0.387. The van der Waals surface area contributed by atoms with Gasteiger partial charge in [0, 0.05) is 0 Å². The molecule has 4 nitrogen and oxygen atoms in total. The van der Waals surface area contributed by atoms with Crippen LogP contribution in [0.5, 0.6) is 0 Å². The Balaban J connectivity index is 0. The Hall–Kier alpha value is -0.610. The molecule has 0 aliphatic carbocycles. The van der Waals surface area contributed by atoms with Crippen molar-refractivity contribution in [1.29, 1.82) is 0 Å². The van der Waals surface area contributed by atoms with Gasteiger partial charge in [-0.1, -0.05) is 0 Å². The van der Waals surface area contributed by atoms with E-state index in [0.717, 1.165) is 0 Å². The lowest BCUT2D eigenvalue weighted by Crippen LogP contribution is -2.23. The average Bonchev–Trinajstić information content (AvgIpc) is 1.62. The first-order valence-corrected chi connectivity index (χ1v) is 2.75. The van der Waals surface area contributed by atoms with Crippen LogP contribution in [0, 0.1) is 0 Å². The average molecular weight is 149 g/mol. The zero-order valence-electron chi connectivity index (χ0n) is 6.68. The fourth-order valence-corrected chi connectivity index (χ4v) is 0.425. The number of aliphatic hydroxyl groups is 1. The van der Waals surface area contributed by atoms with Crippen LogP contribution < -0.4 is 6.15 Å². The van der Waals surface area contributed by atoms with Gasteiger partial charge in [0.1, 0.15) is 0 Å². The van der Waals surface area contributed by atoms with Crippen molar-refractivity contribution in [1.82, 2.24) is 6.15 Å². The fourth-order valence-electron chi connectivity index (χ4n) is 0.425. The van der Waals surface area contributed by atoms with E-state index in [0.29, 0.717) is 0 Å². The highest BCUT2D eigenvalue weighted by Gasteiger charge is 2.17. The number of ether oxygens (including phenoxy) is 1. The van der Waals surface area contributed by atoms with Crippen LogP contribution in [-0.2, 0) is 9.53 Å². The Labute approximate surface area is 60.8 Å². The number of hydrogen-bond acceptors (Lipinski definition) is 4. The maximum atomic E-state index is 10.4. The molecule has 0 saturated heterocycles. The third kappa shape index (κ3) is 7.39. The van der Waals surface area contributed by atoms with Gasteiger partial charge in [-0.3, -0.25) is 4.79 Å². The van der Waals surface area contributed by atoms with Crippen LogP contribution in [0.3, 0.4) is 0 Å². The van der Waals surface area contributed by atoms with Gasteiger partial charge >= 0.3 is 5.97 Å². The van der Waals surface area contributed by atoms with Gasteiger partial charge in [-0.2, -0.15) is 0 Å². The number of carbonyl (C=O) groups is 1. The number of hydrogen-bond donors (Lipinski definition) is 2. The Morgan fingerprint density at radius 1 is 1.60 bits per heavy atom. The van der Waals surface area contributed by atoms with E-state index < -0.39 is 5.60 Å². The van der Waals surface area contributed by atoms with Crippen molar-refractivity contribution in [2.75, 3.05) is 7.11 Å². The molecule has 0 fully saturated rings. The summed E-state index contributed by atoms with van der Waals surface area (Å²) in [6.45, 7) is 3.12. The quantitative estimate of drug-likeness (QED) is 0.559. The van der Waals surface area contributed by atoms with Gasteiger partial charge < -0.3 is 16.0 Å². The van der Waals surface area contributed by atoms with Crippen LogP contribution in [-0.4, -0.2) is 23.8 Å². The minimum atomic E-state index is -0.951. The Kier molecular flexibility index (Phi) is 5.14. The molecule has 0 aromatic rings. The molecule has 0 heterocycles. The van der Waals surface area contributed by atoms with E-state index in [1.165, 1.54) is 7.11 Å². The van der Waals surface area contributed by atoms with E-state index in [1.54, 1.807) is 13.8 Å². The van der Waals surface area contributed by atoms with Crippen molar-refractivity contribution in [2.45, 2.75) is 25.9 Å². The molecule has 0 atom stereocenters. The van der Waals surface area contributed by atoms with Gasteiger partial charge in [0.2, 0.25) is 0 Å². The standard InChI is InChI=1S/C6H12O3.H3N/c1-6(2,8)4-5(7)9-3;/h8H,4H2,1-3H3;1H3. The van der Waals surface area contributed by atoms with Crippen LogP contribution >= 0.6 is 0 Å².